The summed E-state index contributed by atoms with van der Waals surface area (Å²) < 4.78 is 5.10. The molecule has 2 rings (SSSR count). The third kappa shape index (κ3) is 4.14. The second-order valence-electron chi connectivity index (χ2n) is 4.64. The average Bonchev–Trinajstić information content (AvgIpc) is 2.50. The van der Waals surface area contributed by atoms with Crippen molar-refractivity contribution in [2.24, 2.45) is 0 Å². The Labute approximate surface area is 123 Å². The van der Waals surface area contributed by atoms with Gasteiger partial charge in [0.2, 0.25) is 0 Å². The molecule has 1 aromatic carbocycles. The molecule has 1 N–H and O–H groups in total. The van der Waals surface area contributed by atoms with Crippen molar-refractivity contribution in [1.29, 1.82) is 0 Å². The highest BCUT2D eigenvalue weighted by molar-refractivity contribution is 5.97. The minimum absolute atomic E-state index is 0.312. The molecular formula is C16H16N2O3. The number of hydrogen-bond donors (Lipinski definition) is 1. The van der Waals surface area contributed by atoms with Crippen LogP contribution in [0, 0.1) is 6.92 Å². The molecule has 2 aromatic rings. The number of ether oxygens (including phenoxy) is 1. The molecular weight excluding hydrogens is 268 g/mol. The van der Waals surface area contributed by atoms with Gasteiger partial charge in [-0.3, -0.25) is 9.78 Å². The van der Waals surface area contributed by atoms with Crippen LogP contribution in [0.4, 0.5) is 5.69 Å². The van der Waals surface area contributed by atoms with E-state index >= 15 is 0 Å². The maximum absolute atomic E-state index is 12.0. The molecule has 0 saturated carbocycles. The van der Waals surface area contributed by atoms with E-state index in [1.165, 1.54) is 13.1 Å². The van der Waals surface area contributed by atoms with Gasteiger partial charge in [0.15, 0.2) is 6.10 Å². The smallest absolute Gasteiger partial charge is 0.340 e. The van der Waals surface area contributed by atoms with E-state index in [1.807, 2.05) is 19.1 Å². The lowest BCUT2D eigenvalue weighted by Crippen LogP contribution is -2.30. The second-order valence-corrected chi connectivity index (χ2v) is 4.64. The fraction of sp³-hybridized carbons (Fsp3) is 0.188. The van der Waals surface area contributed by atoms with Crippen LogP contribution in [0.15, 0.2) is 48.8 Å². The van der Waals surface area contributed by atoms with E-state index in [0.29, 0.717) is 11.3 Å². The summed E-state index contributed by atoms with van der Waals surface area (Å²) in [5, 5.41) is 2.69. The Morgan fingerprint density at radius 3 is 2.52 bits per heavy atom. The van der Waals surface area contributed by atoms with Crippen LogP contribution in [-0.2, 0) is 9.53 Å². The van der Waals surface area contributed by atoms with Gasteiger partial charge in [0.1, 0.15) is 0 Å². The zero-order chi connectivity index (χ0) is 15.2. The van der Waals surface area contributed by atoms with Gasteiger partial charge < -0.3 is 10.1 Å². The number of carbonyl (C=O) groups is 2. The summed E-state index contributed by atoms with van der Waals surface area (Å²) in [5.74, 6) is -0.953. The maximum Gasteiger partial charge on any atom is 0.340 e. The van der Waals surface area contributed by atoms with Gasteiger partial charge in [-0.25, -0.2) is 4.79 Å². The van der Waals surface area contributed by atoms with Crippen molar-refractivity contribution in [2.45, 2.75) is 20.0 Å². The van der Waals surface area contributed by atoms with Crippen molar-refractivity contribution in [3.05, 3.63) is 59.9 Å². The highest BCUT2D eigenvalue weighted by Crippen LogP contribution is 2.10. The summed E-state index contributed by atoms with van der Waals surface area (Å²) in [4.78, 5) is 27.6. The molecule has 5 nitrogen and oxygen atoms in total. The number of aryl methyl sites for hydroxylation is 1. The van der Waals surface area contributed by atoms with Gasteiger partial charge in [0.25, 0.3) is 5.91 Å². The molecule has 21 heavy (non-hydrogen) atoms. The molecule has 0 radical (unpaired) electrons. The Bertz CT molecular complexity index is 624. The van der Waals surface area contributed by atoms with Gasteiger partial charge in [-0.2, -0.15) is 0 Å². The second kappa shape index (κ2) is 6.65. The number of esters is 1. The number of anilines is 1. The molecule has 0 bridgehead atoms. The fourth-order valence-corrected chi connectivity index (χ4v) is 1.65. The molecule has 0 aliphatic carbocycles. The van der Waals surface area contributed by atoms with Gasteiger partial charge in [-0.1, -0.05) is 17.7 Å². The molecule has 0 aliphatic heterocycles. The molecule has 1 atom stereocenters. The van der Waals surface area contributed by atoms with Crippen LogP contribution in [0.1, 0.15) is 22.8 Å². The highest BCUT2D eigenvalue weighted by Gasteiger charge is 2.19. The van der Waals surface area contributed by atoms with Crippen LogP contribution < -0.4 is 5.32 Å². The lowest BCUT2D eigenvalue weighted by molar-refractivity contribution is -0.123. The standard InChI is InChI=1S/C16H16N2O3/c1-11-5-7-14(8-6-11)18-15(19)12(2)21-16(20)13-4-3-9-17-10-13/h3-10,12H,1-2H3,(H,18,19). The first kappa shape index (κ1) is 14.7. The van der Waals surface area contributed by atoms with E-state index in [0.717, 1.165) is 5.56 Å². The summed E-state index contributed by atoms with van der Waals surface area (Å²) in [7, 11) is 0. The Hall–Kier alpha value is -2.69. The lowest BCUT2D eigenvalue weighted by atomic mass is 10.2. The molecule has 1 unspecified atom stereocenters. The number of benzene rings is 1. The predicted octanol–water partition coefficient (Wildman–Crippen LogP) is 2.57. The summed E-state index contributed by atoms with van der Waals surface area (Å²) in [6.07, 6.45) is 2.07. The van der Waals surface area contributed by atoms with Crippen molar-refractivity contribution in [3.8, 4) is 0 Å². The first-order valence-electron chi connectivity index (χ1n) is 6.55. The summed E-state index contributed by atoms with van der Waals surface area (Å²) in [6, 6.07) is 10.6. The third-order valence-electron chi connectivity index (χ3n) is 2.87. The molecule has 1 aromatic heterocycles. The SMILES string of the molecule is Cc1ccc(NC(=O)C(C)OC(=O)c2cccnc2)cc1. The molecule has 1 amide bonds. The number of carbonyl (C=O) groups excluding carboxylic acids is 2. The fourth-order valence-electron chi connectivity index (χ4n) is 1.65. The van der Waals surface area contributed by atoms with E-state index in [4.69, 9.17) is 4.74 Å². The van der Waals surface area contributed by atoms with Crippen molar-refractivity contribution in [1.82, 2.24) is 4.98 Å². The van der Waals surface area contributed by atoms with Gasteiger partial charge in [-0.05, 0) is 38.1 Å². The summed E-state index contributed by atoms with van der Waals surface area (Å²) >= 11 is 0. The first-order chi connectivity index (χ1) is 10.1. The van der Waals surface area contributed by atoms with E-state index < -0.39 is 12.1 Å². The van der Waals surface area contributed by atoms with Gasteiger partial charge >= 0.3 is 5.97 Å². The first-order valence-corrected chi connectivity index (χ1v) is 6.55. The number of nitrogens with one attached hydrogen (secondary N) is 1. The van der Waals surface area contributed by atoms with Crippen LogP contribution in [0.2, 0.25) is 0 Å². The van der Waals surface area contributed by atoms with Crippen LogP contribution in [-0.4, -0.2) is 23.0 Å². The minimum Gasteiger partial charge on any atom is -0.449 e. The van der Waals surface area contributed by atoms with Gasteiger partial charge in [0.05, 0.1) is 5.56 Å². The lowest BCUT2D eigenvalue weighted by Gasteiger charge is -2.13. The molecule has 1 heterocycles. The van der Waals surface area contributed by atoms with E-state index in [9.17, 15) is 9.59 Å². The van der Waals surface area contributed by atoms with E-state index in [2.05, 4.69) is 10.3 Å². The molecule has 0 saturated heterocycles. The molecule has 0 aliphatic rings. The predicted molar refractivity (Wildman–Crippen MR) is 78.9 cm³/mol. The summed E-state index contributed by atoms with van der Waals surface area (Å²) in [5.41, 5.74) is 2.08. The molecule has 0 fully saturated rings. The van der Waals surface area contributed by atoms with Crippen molar-refractivity contribution < 1.29 is 14.3 Å². The third-order valence-corrected chi connectivity index (χ3v) is 2.87. The van der Waals surface area contributed by atoms with E-state index in [1.54, 1.807) is 30.5 Å². The van der Waals surface area contributed by atoms with Crippen LogP contribution in [0.25, 0.3) is 0 Å². The molecule has 5 heteroatoms. The number of pyridine rings is 1. The number of aromatic nitrogens is 1. The maximum atomic E-state index is 12.0. The zero-order valence-electron chi connectivity index (χ0n) is 11.9. The zero-order valence-corrected chi connectivity index (χ0v) is 11.9. The Morgan fingerprint density at radius 1 is 1.19 bits per heavy atom. The van der Waals surface area contributed by atoms with Crippen LogP contribution >= 0.6 is 0 Å². The number of amides is 1. The Morgan fingerprint density at radius 2 is 1.90 bits per heavy atom. The number of nitrogens with zero attached hydrogens (tertiary/aromatic N) is 1. The van der Waals surface area contributed by atoms with E-state index in [-0.39, 0.29) is 5.91 Å². The number of hydrogen-bond acceptors (Lipinski definition) is 4. The van der Waals surface area contributed by atoms with Crippen molar-refractivity contribution in [3.63, 3.8) is 0 Å². The van der Waals surface area contributed by atoms with Crippen LogP contribution in [0.3, 0.4) is 0 Å². The average molecular weight is 284 g/mol. The van der Waals surface area contributed by atoms with Gasteiger partial charge in [-0.15, -0.1) is 0 Å². The largest absolute Gasteiger partial charge is 0.449 e. The molecule has 0 spiro atoms. The molecule has 108 valence electrons. The minimum atomic E-state index is -0.890. The topological polar surface area (TPSA) is 68.3 Å². The van der Waals surface area contributed by atoms with Gasteiger partial charge in [0, 0.05) is 18.1 Å². The Balaban J connectivity index is 1.93. The normalized spacial score (nSPS) is 11.5. The highest BCUT2D eigenvalue weighted by atomic mass is 16.5. The van der Waals surface area contributed by atoms with Crippen LogP contribution in [0.5, 0.6) is 0 Å². The number of rotatable bonds is 4. The monoisotopic (exact) mass is 284 g/mol. The van der Waals surface area contributed by atoms with Crippen molar-refractivity contribution in [2.75, 3.05) is 5.32 Å². The Kier molecular flexibility index (Phi) is 4.66. The van der Waals surface area contributed by atoms with Crippen molar-refractivity contribution >= 4 is 17.6 Å². The quantitative estimate of drug-likeness (QED) is 0.876. The summed E-state index contributed by atoms with van der Waals surface area (Å²) in [6.45, 7) is 3.49.